The fraction of sp³-hybridized carbons (Fsp3) is 0.438. The van der Waals surface area contributed by atoms with Crippen LogP contribution in [0.1, 0.15) is 25.8 Å². The lowest BCUT2D eigenvalue weighted by molar-refractivity contribution is -0.148. The molecule has 0 heterocycles. The number of nitrogens with one attached hydrogen (secondary N) is 2. The lowest BCUT2D eigenvalue weighted by Crippen LogP contribution is -2.46. The van der Waals surface area contributed by atoms with Crippen molar-refractivity contribution in [2.75, 3.05) is 13.2 Å². The van der Waals surface area contributed by atoms with Crippen molar-refractivity contribution < 1.29 is 19.1 Å². The van der Waals surface area contributed by atoms with Crippen molar-refractivity contribution in [3.05, 3.63) is 33.8 Å². The maximum Gasteiger partial charge on any atom is 0.310 e. The molecule has 1 aromatic carbocycles. The van der Waals surface area contributed by atoms with Gasteiger partial charge in [0.2, 0.25) is 5.91 Å². The molecule has 2 amide bonds. The Balaban J connectivity index is 2.38. The van der Waals surface area contributed by atoms with E-state index >= 15 is 0 Å². The van der Waals surface area contributed by atoms with Crippen LogP contribution < -0.4 is 10.6 Å². The zero-order valence-corrected chi connectivity index (χ0v) is 15.0. The van der Waals surface area contributed by atoms with Gasteiger partial charge in [-0.25, -0.2) is 0 Å². The quantitative estimate of drug-likeness (QED) is 0.682. The second-order valence-corrected chi connectivity index (χ2v) is 6.00. The molecule has 0 aliphatic heterocycles. The van der Waals surface area contributed by atoms with Crippen LogP contribution in [0, 0.1) is 0 Å². The van der Waals surface area contributed by atoms with Crippen LogP contribution in [0.15, 0.2) is 18.2 Å². The van der Waals surface area contributed by atoms with Gasteiger partial charge >= 0.3 is 5.97 Å². The maximum atomic E-state index is 11.7. The van der Waals surface area contributed by atoms with Gasteiger partial charge in [0.1, 0.15) is 6.04 Å². The van der Waals surface area contributed by atoms with Crippen LogP contribution in [0.2, 0.25) is 10.0 Å². The third-order valence-electron chi connectivity index (χ3n) is 3.03. The van der Waals surface area contributed by atoms with Crippen molar-refractivity contribution in [2.24, 2.45) is 0 Å². The number of rotatable bonds is 8. The minimum Gasteiger partial charge on any atom is -0.455 e. The minimum absolute atomic E-state index is 0.0736. The van der Waals surface area contributed by atoms with Gasteiger partial charge in [0.25, 0.3) is 5.91 Å². The standard InChI is InChI=1S/C16H20Cl2N2O4/c1-3-6-19-16(23)10(2)20-14(21)9-24-15(22)7-11-4-5-12(17)8-13(11)18/h4-5,8,10H,3,6-7,9H2,1-2H3,(H,19,23)(H,20,21)/t10-/m0/s1. The largest absolute Gasteiger partial charge is 0.455 e. The molecule has 0 fully saturated rings. The number of esters is 1. The SMILES string of the molecule is CCCNC(=O)[C@H](C)NC(=O)COC(=O)Cc1ccc(Cl)cc1Cl. The Morgan fingerprint density at radius 1 is 1.25 bits per heavy atom. The topological polar surface area (TPSA) is 84.5 Å². The van der Waals surface area contributed by atoms with Gasteiger partial charge in [-0.05, 0) is 31.0 Å². The number of amides is 2. The van der Waals surface area contributed by atoms with E-state index in [4.69, 9.17) is 27.9 Å². The third kappa shape index (κ3) is 7.19. The second kappa shape index (κ2) is 10.2. The molecule has 0 saturated heterocycles. The first-order valence-corrected chi connectivity index (χ1v) is 8.25. The van der Waals surface area contributed by atoms with Gasteiger partial charge in [-0.3, -0.25) is 14.4 Å². The fourth-order valence-electron chi connectivity index (χ4n) is 1.77. The molecule has 0 aromatic heterocycles. The predicted octanol–water partition coefficient (Wildman–Crippen LogP) is 2.11. The Morgan fingerprint density at radius 2 is 1.96 bits per heavy atom. The summed E-state index contributed by atoms with van der Waals surface area (Å²) in [5.74, 6) is -1.44. The van der Waals surface area contributed by atoms with Gasteiger partial charge in [0, 0.05) is 16.6 Å². The van der Waals surface area contributed by atoms with Gasteiger partial charge in [-0.15, -0.1) is 0 Å². The average molecular weight is 375 g/mol. The van der Waals surface area contributed by atoms with Crippen LogP contribution in [-0.4, -0.2) is 37.0 Å². The summed E-state index contributed by atoms with van der Waals surface area (Å²) >= 11 is 11.7. The number of halogens is 2. The van der Waals surface area contributed by atoms with Crippen LogP contribution in [-0.2, 0) is 25.5 Å². The van der Waals surface area contributed by atoms with E-state index in [0.29, 0.717) is 22.2 Å². The highest BCUT2D eigenvalue weighted by Crippen LogP contribution is 2.21. The van der Waals surface area contributed by atoms with E-state index in [2.05, 4.69) is 10.6 Å². The number of ether oxygens (including phenoxy) is 1. The number of carbonyl (C=O) groups is 3. The summed E-state index contributed by atoms with van der Waals surface area (Å²) < 4.78 is 4.88. The highest BCUT2D eigenvalue weighted by molar-refractivity contribution is 6.35. The first-order chi connectivity index (χ1) is 11.3. The van der Waals surface area contributed by atoms with E-state index in [1.807, 2.05) is 6.92 Å². The molecule has 0 spiro atoms. The maximum absolute atomic E-state index is 11.7. The molecule has 8 heteroatoms. The molecular weight excluding hydrogens is 355 g/mol. The minimum atomic E-state index is -0.700. The molecule has 6 nitrogen and oxygen atoms in total. The van der Waals surface area contributed by atoms with E-state index in [0.717, 1.165) is 6.42 Å². The molecular formula is C16H20Cl2N2O4. The van der Waals surface area contributed by atoms with Crippen molar-refractivity contribution in [1.29, 1.82) is 0 Å². The number of hydrogen-bond acceptors (Lipinski definition) is 4. The lowest BCUT2D eigenvalue weighted by Gasteiger charge is -2.14. The second-order valence-electron chi connectivity index (χ2n) is 5.15. The summed E-state index contributed by atoms with van der Waals surface area (Å²) in [6, 6.07) is 4.05. The van der Waals surface area contributed by atoms with Gasteiger partial charge in [-0.1, -0.05) is 36.2 Å². The predicted molar refractivity (Wildman–Crippen MR) is 92.0 cm³/mol. The summed E-state index contributed by atoms with van der Waals surface area (Å²) in [6.07, 6.45) is 0.729. The summed E-state index contributed by atoms with van der Waals surface area (Å²) in [4.78, 5) is 35.1. The summed E-state index contributed by atoms with van der Waals surface area (Å²) in [5.41, 5.74) is 0.554. The monoisotopic (exact) mass is 374 g/mol. The van der Waals surface area contributed by atoms with E-state index in [-0.39, 0.29) is 12.3 Å². The molecule has 0 bridgehead atoms. The molecule has 1 aromatic rings. The Bertz CT molecular complexity index is 608. The molecule has 24 heavy (non-hydrogen) atoms. The van der Waals surface area contributed by atoms with E-state index in [9.17, 15) is 14.4 Å². The Hall–Kier alpha value is -1.79. The Labute approximate surface area is 150 Å². The van der Waals surface area contributed by atoms with Gasteiger partial charge in [0.15, 0.2) is 6.61 Å². The highest BCUT2D eigenvalue weighted by Gasteiger charge is 2.16. The van der Waals surface area contributed by atoms with Gasteiger partial charge in [-0.2, -0.15) is 0 Å². The molecule has 0 aliphatic carbocycles. The van der Waals surface area contributed by atoms with Crippen LogP contribution >= 0.6 is 23.2 Å². The zero-order chi connectivity index (χ0) is 18.1. The molecule has 2 N–H and O–H groups in total. The van der Waals surface area contributed by atoms with Gasteiger partial charge in [0.05, 0.1) is 6.42 Å². The Morgan fingerprint density at radius 3 is 2.58 bits per heavy atom. The third-order valence-corrected chi connectivity index (χ3v) is 3.62. The lowest BCUT2D eigenvalue weighted by atomic mass is 10.1. The summed E-state index contributed by atoms with van der Waals surface area (Å²) in [6.45, 7) is 3.56. The van der Waals surface area contributed by atoms with Crippen LogP contribution in [0.25, 0.3) is 0 Å². The number of hydrogen-bond donors (Lipinski definition) is 2. The molecule has 1 rings (SSSR count). The van der Waals surface area contributed by atoms with Crippen LogP contribution in [0.3, 0.4) is 0 Å². The molecule has 0 unspecified atom stereocenters. The number of carbonyl (C=O) groups excluding carboxylic acids is 3. The van der Waals surface area contributed by atoms with Crippen molar-refractivity contribution in [2.45, 2.75) is 32.7 Å². The van der Waals surface area contributed by atoms with Crippen molar-refractivity contribution >= 4 is 41.0 Å². The van der Waals surface area contributed by atoms with E-state index in [1.54, 1.807) is 19.1 Å². The van der Waals surface area contributed by atoms with Crippen molar-refractivity contribution in [3.8, 4) is 0 Å². The number of benzene rings is 1. The van der Waals surface area contributed by atoms with Crippen LogP contribution in [0.4, 0.5) is 0 Å². The van der Waals surface area contributed by atoms with E-state index in [1.165, 1.54) is 6.07 Å². The Kier molecular flexibility index (Phi) is 8.57. The molecule has 0 saturated carbocycles. The zero-order valence-electron chi connectivity index (χ0n) is 13.5. The summed E-state index contributed by atoms with van der Waals surface area (Å²) in [7, 11) is 0. The molecule has 132 valence electrons. The fourth-order valence-corrected chi connectivity index (χ4v) is 2.24. The first-order valence-electron chi connectivity index (χ1n) is 7.50. The van der Waals surface area contributed by atoms with Crippen LogP contribution in [0.5, 0.6) is 0 Å². The smallest absolute Gasteiger partial charge is 0.310 e. The van der Waals surface area contributed by atoms with E-state index < -0.39 is 24.5 Å². The van der Waals surface area contributed by atoms with Crippen molar-refractivity contribution in [1.82, 2.24) is 10.6 Å². The van der Waals surface area contributed by atoms with Crippen molar-refractivity contribution in [3.63, 3.8) is 0 Å². The summed E-state index contributed by atoms with van der Waals surface area (Å²) in [5, 5.41) is 5.93. The molecule has 0 aliphatic rings. The van der Waals surface area contributed by atoms with Gasteiger partial charge < -0.3 is 15.4 Å². The highest BCUT2D eigenvalue weighted by atomic mass is 35.5. The normalized spacial score (nSPS) is 11.5. The average Bonchev–Trinajstić information content (AvgIpc) is 2.53. The molecule has 0 radical (unpaired) electrons. The molecule has 1 atom stereocenters. The first kappa shape index (κ1) is 20.3.